The summed E-state index contributed by atoms with van der Waals surface area (Å²) in [4.78, 5) is 0. The summed E-state index contributed by atoms with van der Waals surface area (Å²) < 4.78 is 0. The predicted octanol–water partition coefficient (Wildman–Crippen LogP) is 3.31. The Hall–Kier alpha value is -1.18. The fraction of sp³-hybridized carbons (Fsp3) is 0.500. The van der Waals surface area contributed by atoms with Crippen molar-refractivity contribution < 1.29 is 10.2 Å². The maximum absolute atomic E-state index is 9.74. The molecule has 0 spiro atoms. The molecule has 0 fully saturated rings. The molecular formula is C12H18O2. The molecule has 2 nitrogen and oxygen atoms in total. The Kier molecular flexibility index (Phi) is 3.39. The van der Waals surface area contributed by atoms with Crippen molar-refractivity contribution in [3.8, 4) is 11.5 Å². The Bertz CT molecular complexity index is 291. The summed E-state index contributed by atoms with van der Waals surface area (Å²) in [5.41, 5.74) is 1.95. The van der Waals surface area contributed by atoms with Gasteiger partial charge in [-0.2, -0.15) is 0 Å². The summed E-state index contributed by atoms with van der Waals surface area (Å²) in [6.07, 6.45) is 2.02. The van der Waals surface area contributed by atoms with Crippen LogP contribution in [-0.4, -0.2) is 10.2 Å². The van der Waals surface area contributed by atoms with E-state index in [4.69, 9.17) is 0 Å². The second kappa shape index (κ2) is 4.36. The lowest BCUT2D eigenvalue weighted by atomic mass is 9.89. The molecule has 0 heterocycles. The van der Waals surface area contributed by atoms with Crippen LogP contribution >= 0.6 is 0 Å². The zero-order valence-corrected chi connectivity index (χ0v) is 9.04. The van der Waals surface area contributed by atoms with Crippen LogP contribution in [0.15, 0.2) is 12.1 Å². The van der Waals surface area contributed by atoms with Gasteiger partial charge in [0.2, 0.25) is 0 Å². The van der Waals surface area contributed by atoms with E-state index < -0.39 is 0 Å². The van der Waals surface area contributed by atoms with Crippen LogP contribution in [0.3, 0.4) is 0 Å². The van der Waals surface area contributed by atoms with Crippen LogP contribution < -0.4 is 0 Å². The molecular weight excluding hydrogens is 176 g/mol. The van der Waals surface area contributed by atoms with E-state index in [1.807, 2.05) is 6.92 Å². The lowest BCUT2D eigenvalue weighted by molar-refractivity contribution is 0.437. The molecule has 0 aromatic heterocycles. The molecule has 2 N–H and O–H groups in total. The minimum absolute atomic E-state index is 0.134. The van der Waals surface area contributed by atoms with Crippen molar-refractivity contribution in [3.05, 3.63) is 23.3 Å². The molecule has 0 saturated carbocycles. The van der Waals surface area contributed by atoms with Gasteiger partial charge in [-0.25, -0.2) is 0 Å². The van der Waals surface area contributed by atoms with Gasteiger partial charge in [0.05, 0.1) is 0 Å². The highest BCUT2D eigenvalue weighted by atomic mass is 16.3. The van der Waals surface area contributed by atoms with Gasteiger partial charge in [0.15, 0.2) is 0 Å². The largest absolute Gasteiger partial charge is 0.508 e. The molecule has 0 aliphatic heterocycles. The first-order valence-electron chi connectivity index (χ1n) is 5.12. The van der Waals surface area contributed by atoms with E-state index in [1.165, 1.54) is 6.07 Å². The summed E-state index contributed by atoms with van der Waals surface area (Å²) in [5.74, 6) is 0.738. The first-order valence-corrected chi connectivity index (χ1v) is 5.12. The van der Waals surface area contributed by atoms with Crippen LogP contribution in [0, 0.1) is 6.92 Å². The van der Waals surface area contributed by atoms with Crippen molar-refractivity contribution in [2.24, 2.45) is 0 Å². The summed E-state index contributed by atoms with van der Waals surface area (Å²) in [7, 11) is 0. The van der Waals surface area contributed by atoms with Gasteiger partial charge >= 0.3 is 0 Å². The normalized spacial score (nSPS) is 10.9. The van der Waals surface area contributed by atoms with Gasteiger partial charge in [0, 0.05) is 11.6 Å². The molecule has 0 aliphatic rings. The molecule has 1 aromatic rings. The van der Waals surface area contributed by atoms with E-state index in [1.54, 1.807) is 6.07 Å². The van der Waals surface area contributed by atoms with Crippen molar-refractivity contribution in [1.29, 1.82) is 0 Å². The summed E-state index contributed by atoms with van der Waals surface area (Å²) >= 11 is 0. The van der Waals surface area contributed by atoms with Gasteiger partial charge < -0.3 is 10.2 Å². The number of phenols is 2. The molecule has 78 valence electrons. The molecule has 2 heteroatoms. The SMILES string of the molecule is CCC(CC)c1c(C)cc(O)cc1O. The van der Waals surface area contributed by atoms with Crippen LogP contribution in [-0.2, 0) is 0 Å². The summed E-state index contributed by atoms with van der Waals surface area (Å²) in [6.45, 7) is 6.15. The van der Waals surface area contributed by atoms with Gasteiger partial charge in [-0.05, 0) is 37.3 Å². The second-order valence-corrected chi connectivity index (χ2v) is 3.71. The monoisotopic (exact) mass is 194 g/mol. The van der Waals surface area contributed by atoms with Crippen LogP contribution in [0.4, 0.5) is 0 Å². The third-order valence-electron chi connectivity index (χ3n) is 2.74. The van der Waals surface area contributed by atoms with Crippen molar-refractivity contribution >= 4 is 0 Å². The first kappa shape index (κ1) is 10.9. The van der Waals surface area contributed by atoms with Gasteiger partial charge in [0.1, 0.15) is 11.5 Å². The minimum atomic E-state index is 0.134. The van der Waals surface area contributed by atoms with E-state index >= 15 is 0 Å². The minimum Gasteiger partial charge on any atom is -0.508 e. The molecule has 0 amide bonds. The van der Waals surface area contributed by atoms with Crippen LogP contribution in [0.2, 0.25) is 0 Å². The number of aryl methyl sites for hydroxylation is 1. The Morgan fingerprint density at radius 2 is 1.71 bits per heavy atom. The highest BCUT2D eigenvalue weighted by Crippen LogP contribution is 2.35. The quantitative estimate of drug-likeness (QED) is 0.775. The highest BCUT2D eigenvalue weighted by molar-refractivity contribution is 5.46. The van der Waals surface area contributed by atoms with E-state index in [2.05, 4.69) is 13.8 Å². The Labute approximate surface area is 85.2 Å². The van der Waals surface area contributed by atoms with E-state index in [9.17, 15) is 10.2 Å². The average Bonchev–Trinajstić information content (AvgIpc) is 2.10. The third-order valence-corrected chi connectivity index (χ3v) is 2.74. The number of hydrogen-bond donors (Lipinski definition) is 2. The predicted molar refractivity (Wildman–Crippen MR) is 57.8 cm³/mol. The molecule has 0 radical (unpaired) electrons. The molecule has 0 bridgehead atoms. The van der Waals surface area contributed by atoms with Crippen LogP contribution in [0.25, 0.3) is 0 Å². The van der Waals surface area contributed by atoms with Gasteiger partial charge in [-0.3, -0.25) is 0 Å². The van der Waals surface area contributed by atoms with E-state index in [0.717, 1.165) is 24.0 Å². The number of phenolic OH excluding ortho intramolecular Hbond substituents is 2. The molecule has 0 aliphatic carbocycles. The molecule has 0 unspecified atom stereocenters. The topological polar surface area (TPSA) is 40.5 Å². The Morgan fingerprint density at radius 3 is 2.14 bits per heavy atom. The lowest BCUT2D eigenvalue weighted by Gasteiger charge is -2.17. The highest BCUT2D eigenvalue weighted by Gasteiger charge is 2.15. The van der Waals surface area contributed by atoms with Crippen molar-refractivity contribution in [2.75, 3.05) is 0 Å². The van der Waals surface area contributed by atoms with Gasteiger partial charge in [-0.15, -0.1) is 0 Å². The fourth-order valence-corrected chi connectivity index (χ4v) is 1.99. The molecule has 1 rings (SSSR count). The number of aromatic hydroxyl groups is 2. The Morgan fingerprint density at radius 1 is 1.14 bits per heavy atom. The maximum atomic E-state index is 9.74. The molecule has 0 saturated heterocycles. The van der Waals surface area contributed by atoms with E-state index in [0.29, 0.717) is 5.92 Å². The fourth-order valence-electron chi connectivity index (χ4n) is 1.99. The average molecular weight is 194 g/mol. The molecule has 1 aromatic carbocycles. The van der Waals surface area contributed by atoms with Crippen molar-refractivity contribution in [1.82, 2.24) is 0 Å². The number of hydrogen-bond acceptors (Lipinski definition) is 2. The lowest BCUT2D eigenvalue weighted by Crippen LogP contribution is -1.98. The maximum Gasteiger partial charge on any atom is 0.122 e. The van der Waals surface area contributed by atoms with Crippen molar-refractivity contribution in [2.45, 2.75) is 39.5 Å². The number of rotatable bonds is 3. The summed E-state index contributed by atoms with van der Waals surface area (Å²) in [6, 6.07) is 3.12. The van der Waals surface area contributed by atoms with Gasteiger partial charge in [-0.1, -0.05) is 13.8 Å². The van der Waals surface area contributed by atoms with Crippen LogP contribution in [0.5, 0.6) is 11.5 Å². The zero-order valence-electron chi connectivity index (χ0n) is 9.04. The van der Waals surface area contributed by atoms with Gasteiger partial charge in [0.25, 0.3) is 0 Å². The third kappa shape index (κ3) is 2.00. The second-order valence-electron chi connectivity index (χ2n) is 3.71. The van der Waals surface area contributed by atoms with E-state index in [-0.39, 0.29) is 11.5 Å². The van der Waals surface area contributed by atoms with Crippen molar-refractivity contribution in [3.63, 3.8) is 0 Å². The molecule has 14 heavy (non-hydrogen) atoms. The zero-order chi connectivity index (χ0) is 10.7. The standard InChI is InChI=1S/C12H18O2/c1-4-9(5-2)12-8(3)6-10(13)7-11(12)14/h6-7,9,13-14H,4-5H2,1-3H3. The summed E-state index contributed by atoms with van der Waals surface area (Å²) in [5, 5.41) is 19.0. The first-order chi connectivity index (χ1) is 6.60. The number of benzene rings is 1. The Balaban J connectivity index is 3.19. The molecule has 0 atom stereocenters. The van der Waals surface area contributed by atoms with Crippen LogP contribution in [0.1, 0.15) is 43.7 Å². The smallest absolute Gasteiger partial charge is 0.122 e.